The first-order valence-electron chi connectivity index (χ1n) is 8.29. The van der Waals surface area contributed by atoms with Crippen LogP contribution >= 0.6 is 0 Å². The maximum absolute atomic E-state index is 12.6. The Balaban J connectivity index is 1.68. The van der Waals surface area contributed by atoms with Crippen LogP contribution < -0.4 is 9.62 Å². The molecule has 0 aliphatic carbocycles. The molecule has 2 aromatic carbocycles. The first-order valence-corrected chi connectivity index (χ1v) is 9.77. The van der Waals surface area contributed by atoms with Gasteiger partial charge in [-0.15, -0.1) is 0 Å². The molecule has 1 N–H and O–H groups in total. The van der Waals surface area contributed by atoms with E-state index in [0.717, 1.165) is 11.3 Å². The van der Waals surface area contributed by atoms with Crippen LogP contribution in [-0.2, 0) is 14.8 Å². The molecule has 3 rings (SSSR count). The lowest BCUT2D eigenvalue weighted by Crippen LogP contribution is -2.31. The van der Waals surface area contributed by atoms with Crippen LogP contribution in [0.2, 0.25) is 0 Å². The lowest BCUT2D eigenvalue weighted by molar-refractivity contribution is -0.117. The molecule has 0 aromatic heterocycles. The molecule has 5 nitrogen and oxygen atoms in total. The van der Waals surface area contributed by atoms with Crippen molar-refractivity contribution in [3.63, 3.8) is 0 Å². The summed E-state index contributed by atoms with van der Waals surface area (Å²) in [5, 5.41) is 0. The van der Waals surface area contributed by atoms with Crippen LogP contribution in [0.1, 0.15) is 17.5 Å². The summed E-state index contributed by atoms with van der Waals surface area (Å²) in [5.74, 6) is -0.00488. The van der Waals surface area contributed by atoms with Gasteiger partial charge in [-0.2, -0.15) is 0 Å². The summed E-state index contributed by atoms with van der Waals surface area (Å²) in [4.78, 5) is 14.2. The Morgan fingerprint density at radius 3 is 2.56 bits per heavy atom. The quantitative estimate of drug-likeness (QED) is 0.893. The number of hydrogen-bond acceptors (Lipinski definition) is 3. The third-order valence-corrected chi connectivity index (χ3v) is 6.03. The standard InChI is InChI=1S/C19H22N2O3S/c1-14-8-9-15(2)18(10-14)25(23,24)20-12-16-11-19(22)21(13-16)17-6-4-3-5-7-17/h3-10,16,20H,11-13H2,1-2H3/t16-/m0/s1. The molecule has 1 aliphatic heterocycles. The van der Waals surface area contributed by atoms with Gasteiger partial charge in [0.15, 0.2) is 0 Å². The molecule has 1 atom stereocenters. The molecule has 2 aromatic rings. The zero-order valence-corrected chi connectivity index (χ0v) is 15.2. The van der Waals surface area contributed by atoms with Crippen LogP contribution in [0.3, 0.4) is 0 Å². The number of aryl methyl sites for hydroxylation is 2. The van der Waals surface area contributed by atoms with E-state index in [2.05, 4.69) is 4.72 Å². The predicted octanol–water partition coefficient (Wildman–Crippen LogP) is 2.63. The second-order valence-corrected chi connectivity index (χ2v) is 8.27. The van der Waals surface area contributed by atoms with Crippen molar-refractivity contribution in [1.29, 1.82) is 0 Å². The van der Waals surface area contributed by atoms with Crippen LogP contribution in [-0.4, -0.2) is 27.4 Å². The van der Waals surface area contributed by atoms with E-state index in [4.69, 9.17) is 0 Å². The first-order chi connectivity index (χ1) is 11.9. The number of anilines is 1. The molecule has 1 heterocycles. The Kier molecular flexibility index (Phi) is 4.92. The predicted molar refractivity (Wildman–Crippen MR) is 98.0 cm³/mol. The van der Waals surface area contributed by atoms with Crippen LogP contribution in [0.4, 0.5) is 5.69 Å². The van der Waals surface area contributed by atoms with Gasteiger partial charge in [-0.05, 0) is 49.1 Å². The number of sulfonamides is 1. The number of hydrogen-bond donors (Lipinski definition) is 1. The summed E-state index contributed by atoms with van der Waals surface area (Å²) in [5.41, 5.74) is 2.47. The minimum absolute atomic E-state index is 0.0298. The fraction of sp³-hybridized carbons (Fsp3) is 0.316. The van der Waals surface area contributed by atoms with Crippen LogP contribution in [0, 0.1) is 19.8 Å². The highest BCUT2D eigenvalue weighted by molar-refractivity contribution is 7.89. The van der Waals surface area contributed by atoms with Crippen molar-refractivity contribution in [3.8, 4) is 0 Å². The number of nitrogens with one attached hydrogen (secondary N) is 1. The molecule has 1 saturated heterocycles. The van der Waals surface area contributed by atoms with Crippen molar-refractivity contribution < 1.29 is 13.2 Å². The Hall–Kier alpha value is -2.18. The smallest absolute Gasteiger partial charge is 0.240 e. The number of carbonyl (C=O) groups is 1. The summed E-state index contributed by atoms with van der Waals surface area (Å²) in [7, 11) is -3.58. The van der Waals surface area contributed by atoms with Gasteiger partial charge in [0.1, 0.15) is 0 Å². The van der Waals surface area contributed by atoms with E-state index in [0.29, 0.717) is 23.4 Å². The molecule has 25 heavy (non-hydrogen) atoms. The fourth-order valence-corrected chi connectivity index (χ4v) is 4.52. The SMILES string of the molecule is Cc1ccc(C)c(S(=O)(=O)NC[C@@H]2CC(=O)N(c3ccccc3)C2)c1. The Bertz CT molecular complexity index is 879. The Morgan fingerprint density at radius 2 is 1.84 bits per heavy atom. The van der Waals surface area contributed by atoms with Gasteiger partial charge in [0.25, 0.3) is 0 Å². The molecular formula is C19H22N2O3S. The molecule has 1 aliphatic rings. The van der Waals surface area contributed by atoms with E-state index in [1.165, 1.54) is 0 Å². The van der Waals surface area contributed by atoms with Crippen molar-refractivity contribution in [2.45, 2.75) is 25.2 Å². The van der Waals surface area contributed by atoms with Crippen LogP contribution in [0.25, 0.3) is 0 Å². The van der Waals surface area contributed by atoms with Gasteiger partial charge in [0.05, 0.1) is 4.90 Å². The highest BCUT2D eigenvalue weighted by Crippen LogP contribution is 2.25. The van der Waals surface area contributed by atoms with Gasteiger partial charge in [0.2, 0.25) is 15.9 Å². The van der Waals surface area contributed by atoms with Gasteiger partial charge in [0, 0.05) is 25.2 Å². The molecule has 0 saturated carbocycles. The largest absolute Gasteiger partial charge is 0.312 e. The van der Waals surface area contributed by atoms with E-state index in [1.807, 2.05) is 43.3 Å². The van der Waals surface area contributed by atoms with Crippen molar-refractivity contribution in [2.75, 3.05) is 18.0 Å². The van der Waals surface area contributed by atoms with Crippen molar-refractivity contribution in [3.05, 3.63) is 59.7 Å². The monoisotopic (exact) mass is 358 g/mol. The highest BCUT2D eigenvalue weighted by atomic mass is 32.2. The number of benzene rings is 2. The maximum Gasteiger partial charge on any atom is 0.240 e. The van der Waals surface area contributed by atoms with Gasteiger partial charge in [-0.25, -0.2) is 13.1 Å². The number of carbonyl (C=O) groups excluding carboxylic acids is 1. The second-order valence-electron chi connectivity index (χ2n) is 6.53. The fourth-order valence-electron chi connectivity index (χ4n) is 3.08. The maximum atomic E-state index is 12.6. The topological polar surface area (TPSA) is 66.5 Å². The minimum atomic E-state index is -3.58. The molecule has 6 heteroatoms. The molecule has 0 bridgehead atoms. The van der Waals surface area contributed by atoms with E-state index >= 15 is 0 Å². The van der Waals surface area contributed by atoms with E-state index in [1.54, 1.807) is 24.0 Å². The second kappa shape index (κ2) is 6.98. The lowest BCUT2D eigenvalue weighted by atomic mass is 10.1. The van der Waals surface area contributed by atoms with E-state index in [9.17, 15) is 13.2 Å². The van der Waals surface area contributed by atoms with Crippen LogP contribution in [0.15, 0.2) is 53.4 Å². The van der Waals surface area contributed by atoms with E-state index < -0.39 is 10.0 Å². The third kappa shape index (κ3) is 3.91. The number of para-hydroxylation sites is 1. The summed E-state index contributed by atoms with van der Waals surface area (Å²) in [6, 6.07) is 14.8. The molecular weight excluding hydrogens is 336 g/mol. The molecule has 0 radical (unpaired) electrons. The van der Waals surface area contributed by atoms with Crippen molar-refractivity contribution >= 4 is 21.6 Å². The van der Waals surface area contributed by atoms with Gasteiger partial charge < -0.3 is 4.90 Å². The van der Waals surface area contributed by atoms with Crippen LogP contribution in [0.5, 0.6) is 0 Å². The Labute approximate surface area is 148 Å². The molecule has 0 spiro atoms. The Morgan fingerprint density at radius 1 is 1.12 bits per heavy atom. The van der Waals surface area contributed by atoms with Gasteiger partial charge >= 0.3 is 0 Å². The zero-order valence-electron chi connectivity index (χ0n) is 14.4. The average molecular weight is 358 g/mol. The van der Waals surface area contributed by atoms with Crippen molar-refractivity contribution in [1.82, 2.24) is 4.72 Å². The summed E-state index contributed by atoms with van der Waals surface area (Å²) in [6.07, 6.45) is 0.351. The zero-order chi connectivity index (χ0) is 18.0. The minimum Gasteiger partial charge on any atom is -0.312 e. The first kappa shape index (κ1) is 17.6. The number of rotatable bonds is 5. The third-order valence-electron chi connectivity index (χ3n) is 4.47. The summed E-state index contributed by atoms with van der Waals surface area (Å²) < 4.78 is 27.8. The highest BCUT2D eigenvalue weighted by Gasteiger charge is 2.31. The summed E-state index contributed by atoms with van der Waals surface area (Å²) >= 11 is 0. The lowest BCUT2D eigenvalue weighted by Gasteiger charge is -2.17. The number of nitrogens with zero attached hydrogens (tertiary/aromatic N) is 1. The molecule has 1 amide bonds. The molecule has 132 valence electrons. The average Bonchev–Trinajstić information content (AvgIpc) is 2.97. The number of amides is 1. The summed E-state index contributed by atoms with van der Waals surface area (Å²) in [6.45, 7) is 4.43. The van der Waals surface area contributed by atoms with Gasteiger partial charge in [-0.1, -0.05) is 30.3 Å². The van der Waals surface area contributed by atoms with Gasteiger partial charge in [-0.3, -0.25) is 4.79 Å². The van der Waals surface area contributed by atoms with Crippen molar-refractivity contribution in [2.24, 2.45) is 5.92 Å². The normalized spacial score (nSPS) is 17.9. The molecule has 1 fully saturated rings. The van der Waals surface area contributed by atoms with E-state index in [-0.39, 0.29) is 18.4 Å². The molecule has 0 unspecified atom stereocenters.